The van der Waals surface area contributed by atoms with Crippen molar-refractivity contribution in [3.05, 3.63) is 46.8 Å². The van der Waals surface area contributed by atoms with Crippen LogP contribution in [0.1, 0.15) is 5.69 Å². The van der Waals surface area contributed by atoms with Crippen LogP contribution < -0.4 is 5.73 Å². The smallest absolute Gasteiger partial charge is 0.141 e. The maximum absolute atomic E-state index is 7.24. The molecular formula is C11H9BrN4S. The summed E-state index contributed by atoms with van der Waals surface area (Å²) in [5, 5.41) is 8.14. The molecule has 17 heavy (non-hydrogen) atoms. The minimum absolute atomic E-state index is 0.0247. The number of rotatable bonds is 3. The van der Waals surface area contributed by atoms with Crippen LogP contribution in [0.15, 0.2) is 51.1 Å². The number of amidine groups is 1. The Labute approximate surface area is 111 Å². The van der Waals surface area contributed by atoms with E-state index in [1.54, 1.807) is 18.5 Å². The predicted molar refractivity (Wildman–Crippen MR) is 71.3 cm³/mol. The van der Waals surface area contributed by atoms with Gasteiger partial charge in [0.05, 0.1) is 0 Å². The first-order valence-electron chi connectivity index (χ1n) is 4.75. The van der Waals surface area contributed by atoms with Gasteiger partial charge in [-0.3, -0.25) is 10.4 Å². The number of aromatic nitrogens is 2. The molecule has 0 unspecified atom stereocenters. The van der Waals surface area contributed by atoms with Crippen molar-refractivity contribution in [3.8, 4) is 0 Å². The average Bonchev–Trinajstić information content (AvgIpc) is 2.33. The van der Waals surface area contributed by atoms with Crippen LogP contribution in [-0.4, -0.2) is 15.8 Å². The van der Waals surface area contributed by atoms with Gasteiger partial charge in [0.2, 0.25) is 0 Å². The highest BCUT2D eigenvalue weighted by molar-refractivity contribution is 9.10. The van der Waals surface area contributed by atoms with Gasteiger partial charge in [-0.15, -0.1) is 0 Å². The summed E-state index contributed by atoms with van der Waals surface area (Å²) in [6, 6.07) is 7.46. The van der Waals surface area contributed by atoms with Crippen molar-refractivity contribution < 1.29 is 0 Å². The number of hydrogen-bond acceptors (Lipinski definition) is 4. The van der Waals surface area contributed by atoms with E-state index >= 15 is 0 Å². The highest BCUT2D eigenvalue weighted by atomic mass is 79.9. The minimum Gasteiger partial charge on any atom is -0.382 e. The fourth-order valence-corrected chi connectivity index (χ4v) is 2.10. The summed E-state index contributed by atoms with van der Waals surface area (Å²) in [6.45, 7) is 0. The summed E-state index contributed by atoms with van der Waals surface area (Å²) in [5.74, 6) is -0.0247. The topological polar surface area (TPSA) is 75.7 Å². The van der Waals surface area contributed by atoms with Crippen molar-refractivity contribution in [2.75, 3.05) is 0 Å². The Morgan fingerprint density at radius 2 is 2.00 bits per heavy atom. The van der Waals surface area contributed by atoms with Crippen LogP contribution in [0.4, 0.5) is 0 Å². The van der Waals surface area contributed by atoms with Gasteiger partial charge in [0.15, 0.2) is 0 Å². The van der Waals surface area contributed by atoms with Gasteiger partial charge in [0.1, 0.15) is 16.6 Å². The van der Waals surface area contributed by atoms with Crippen molar-refractivity contribution in [2.24, 2.45) is 5.73 Å². The van der Waals surface area contributed by atoms with E-state index in [0.717, 1.165) is 14.4 Å². The molecule has 2 heterocycles. The van der Waals surface area contributed by atoms with Gasteiger partial charge in [-0.05, 0) is 40.2 Å². The SMILES string of the molecule is N=C(N)c1ccc(Sc2ccc(Br)cn2)cn1. The third kappa shape index (κ3) is 3.28. The van der Waals surface area contributed by atoms with E-state index in [2.05, 4.69) is 25.9 Å². The molecule has 2 aromatic heterocycles. The van der Waals surface area contributed by atoms with Crippen molar-refractivity contribution >= 4 is 33.5 Å². The Hall–Kier alpha value is -1.40. The maximum atomic E-state index is 7.24. The zero-order valence-electron chi connectivity index (χ0n) is 8.72. The van der Waals surface area contributed by atoms with Crippen LogP contribution >= 0.6 is 27.7 Å². The van der Waals surface area contributed by atoms with Crippen molar-refractivity contribution in [1.82, 2.24) is 9.97 Å². The van der Waals surface area contributed by atoms with E-state index in [1.165, 1.54) is 11.8 Å². The second kappa shape index (κ2) is 5.29. The number of halogens is 1. The zero-order chi connectivity index (χ0) is 12.3. The molecule has 0 saturated heterocycles. The van der Waals surface area contributed by atoms with Gasteiger partial charge in [0, 0.05) is 21.8 Å². The fraction of sp³-hybridized carbons (Fsp3) is 0. The molecule has 0 fully saturated rings. The number of nitrogen functional groups attached to an aromatic ring is 1. The molecule has 0 aliphatic carbocycles. The molecule has 2 aromatic rings. The van der Waals surface area contributed by atoms with E-state index in [1.807, 2.05) is 18.2 Å². The second-order valence-corrected chi connectivity index (χ2v) is 5.22. The molecule has 0 atom stereocenters. The largest absolute Gasteiger partial charge is 0.382 e. The van der Waals surface area contributed by atoms with E-state index in [4.69, 9.17) is 11.1 Å². The van der Waals surface area contributed by atoms with Gasteiger partial charge in [-0.25, -0.2) is 4.98 Å². The molecule has 4 nitrogen and oxygen atoms in total. The molecule has 3 N–H and O–H groups in total. The van der Waals surface area contributed by atoms with Gasteiger partial charge >= 0.3 is 0 Å². The maximum Gasteiger partial charge on any atom is 0.141 e. The predicted octanol–water partition coefficient (Wildman–Crippen LogP) is 2.67. The van der Waals surface area contributed by atoms with Gasteiger partial charge < -0.3 is 5.73 Å². The lowest BCUT2D eigenvalue weighted by atomic mass is 10.3. The highest BCUT2D eigenvalue weighted by Crippen LogP contribution is 2.25. The minimum atomic E-state index is -0.0247. The molecule has 0 spiro atoms. The Morgan fingerprint density at radius 1 is 1.18 bits per heavy atom. The monoisotopic (exact) mass is 308 g/mol. The Balaban J connectivity index is 2.13. The first-order chi connectivity index (χ1) is 8.15. The number of nitrogens with zero attached hydrogens (tertiary/aromatic N) is 2. The molecule has 0 saturated carbocycles. The highest BCUT2D eigenvalue weighted by Gasteiger charge is 2.01. The molecule has 0 aliphatic heterocycles. The summed E-state index contributed by atoms with van der Waals surface area (Å²) in [4.78, 5) is 9.30. The van der Waals surface area contributed by atoms with Crippen molar-refractivity contribution in [2.45, 2.75) is 9.92 Å². The number of hydrogen-bond donors (Lipinski definition) is 2. The average molecular weight is 309 g/mol. The number of nitrogens with two attached hydrogens (primary N) is 1. The third-order valence-corrected chi connectivity index (χ3v) is 3.33. The first kappa shape index (κ1) is 12.1. The van der Waals surface area contributed by atoms with Crippen LogP contribution in [0, 0.1) is 5.41 Å². The van der Waals surface area contributed by atoms with E-state index < -0.39 is 0 Å². The lowest BCUT2D eigenvalue weighted by Gasteiger charge is -2.01. The summed E-state index contributed by atoms with van der Waals surface area (Å²) in [6.07, 6.45) is 3.44. The molecule has 0 radical (unpaired) electrons. The molecular weight excluding hydrogens is 300 g/mol. The number of pyridine rings is 2. The second-order valence-electron chi connectivity index (χ2n) is 3.21. The fourth-order valence-electron chi connectivity index (χ4n) is 1.14. The molecule has 0 amide bonds. The Bertz CT molecular complexity index is 524. The zero-order valence-corrected chi connectivity index (χ0v) is 11.1. The van der Waals surface area contributed by atoms with Crippen LogP contribution in [0.3, 0.4) is 0 Å². The molecule has 0 aliphatic rings. The van der Waals surface area contributed by atoms with E-state index in [9.17, 15) is 0 Å². The summed E-state index contributed by atoms with van der Waals surface area (Å²) in [5.41, 5.74) is 5.81. The van der Waals surface area contributed by atoms with Crippen LogP contribution in [0.25, 0.3) is 0 Å². The van der Waals surface area contributed by atoms with Crippen molar-refractivity contribution in [3.63, 3.8) is 0 Å². The molecule has 2 rings (SSSR count). The molecule has 6 heteroatoms. The van der Waals surface area contributed by atoms with Gasteiger partial charge in [-0.2, -0.15) is 0 Å². The standard InChI is InChI=1S/C11H9BrN4S/c12-7-1-4-10(16-5-7)17-8-2-3-9(11(13)14)15-6-8/h1-6H,(H3,13,14). The summed E-state index contributed by atoms with van der Waals surface area (Å²) in [7, 11) is 0. The lowest BCUT2D eigenvalue weighted by molar-refractivity contribution is 1.11. The van der Waals surface area contributed by atoms with Gasteiger partial charge in [-0.1, -0.05) is 11.8 Å². The molecule has 0 bridgehead atoms. The summed E-state index contributed by atoms with van der Waals surface area (Å²) < 4.78 is 0.951. The lowest BCUT2D eigenvalue weighted by Crippen LogP contribution is -2.12. The van der Waals surface area contributed by atoms with Gasteiger partial charge in [0.25, 0.3) is 0 Å². The normalized spacial score (nSPS) is 10.2. The van der Waals surface area contributed by atoms with Crippen molar-refractivity contribution in [1.29, 1.82) is 5.41 Å². The molecule has 0 aromatic carbocycles. The summed E-state index contributed by atoms with van der Waals surface area (Å²) >= 11 is 4.85. The quantitative estimate of drug-likeness (QED) is 0.675. The third-order valence-electron chi connectivity index (χ3n) is 1.93. The molecule has 86 valence electrons. The first-order valence-corrected chi connectivity index (χ1v) is 6.36. The van der Waals surface area contributed by atoms with Crippen LogP contribution in [-0.2, 0) is 0 Å². The van der Waals surface area contributed by atoms with E-state index in [0.29, 0.717) is 5.69 Å². The van der Waals surface area contributed by atoms with E-state index in [-0.39, 0.29) is 5.84 Å². The van der Waals surface area contributed by atoms with Crippen LogP contribution in [0.5, 0.6) is 0 Å². The Morgan fingerprint density at radius 3 is 2.53 bits per heavy atom. The van der Waals surface area contributed by atoms with Crippen LogP contribution in [0.2, 0.25) is 0 Å². The Kier molecular flexibility index (Phi) is 3.75. The number of nitrogens with one attached hydrogen (secondary N) is 1.